The molecule has 0 bridgehead atoms. The molecular formula is C16H16ClNO. The first kappa shape index (κ1) is 13.6. The van der Waals surface area contributed by atoms with Gasteiger partial charge in [-0.1, -0.05) is 35.9 Å². The maximum Gasteiger partial charge on any atom is 0.150 e. The van der Waals surface area contributed by atoms with Crippen molar-refractivity contribution >= 4 is 23.6 Å². The monoisotopic (exact) mass is 273 g/mol. The molecule has 3 heteroatoms. The van der Waals surface area contributed by atoms with E-state index >= 15 is 0 Å². The summed E-state index contributed by atoms with van der Waals surface area (Å²) in [5, 5.41) is 0.744. The van der Waals surface area contributed by atoms with Crippen LogP contribution in [0.3, 0.4) is 0 Å². The fourth-order valence-corrected chi connectivity index (χ4v) is 2.42. The lowest BCUT2D eigenvalue weighted by atomic mass is 10.1. The van der Waals surface area contributed by atoms with Gasteiger partial charge < -0.3 is 4.90 Å². The van der Waals surface area contributed by atoms with Gasteiger partial charge in [0.25, 0.3) is 0 Å². The van der Waals surface area contributed by atoms with Crippen LogP contribution in [-0.2, 0) is 6.54 Å². The molecule has 98 valence electrons. The van der Waals surface area contributed by atoms with Gasteiger partial charge >= 0.3 is 0 Å². The fourth-order valence-electron chi connectivity index (χ4n) is 2.05. The van der Waals surface area contributed by atoms with Gasteiger partial charge in [0.15, 0.2) is 0 Å². The molecule has 0 saturated carbocycles. The van der Waals surface area contributed by atoms with E-state index in [2.05, 4.69) is 4.90 Å². The van der Waals surface area contributed by atoms with Gasteiger partial charge in [0.05, 0.1) is 10.7 Å². The van der Waals surface area contributed by atoms with Gasteiger partial charge in [0.2, 0.25) is 0 Å². The lowest BCUT2D eigenvalue weighted by Crippen LogP contribution is -2.16. The van der Waals surface area contributed by atoms with Crippen LogP contribution in [0.5, 0.6) is 0 Å². The molecule has 0 atom stereocenters. The molecule has 0 amide bonds. The minimum absolute atomic E-state index is 0.695. The van der Waals surface area contributed by atoms with Crippen molar-refractivity contribution in [2.75, 3.05) is 11.9 Å². The molecule has 0 fully saturated rings. The molecule has 0 spiro atoms. The zero-order valence-electron chi connectivity index (χ0n) is 11.1. The third-order valence-corrected chi connectivity index (χ3v) is 3.32. The van der Waals surface area contributed by atoms with Gasteiger partial charge in [-0.3, -0.25) is 4.79 Å². The van der Waals surface area contributed by atoms with Crippen LogP contribution >= 0.6 is 11.6 Å². The van der Waals surface area contributed by atoms with Gasteiger partial charge in [-0.2, -0.15) is 0 Å². The van der Waals surface area contributed by atoms with E-state index in [1.165, 1.54) is 0 Å². The molecular weight excluding hydrogens is 258 g/mol. The maximum atomic E-state index is 10.8. The number of anilines is 1. The van der Waals surface area contributed by atoms with Crippen LogP contribution < -0.4 is 4.90 Å². The minimum Gasteiger partial charge on any atom is -0.369 e. The zero-order chi connectivity index (χ0) is 13.8. The summed E-state index contributed by atoms with van der Waals surface area (Å²) in [7, 11) is 1.99. The average Bonchev–Trinajstić information content (AvgIpc) is 2.38. The summed E-state index contributed by atoms with van der Waals surface area (Å²) in [5.41, 5.74) is 3.92. The summed E-state index contributed by atoms with van der Waals surface area (Å²) in [5.74, 6) is 0. The molecule has 19 heavy (non-hydrogen) atoms. The number of benzene rings is 2. The molecule has 2 rings (SSSR count). The third kappa shape index (κ3) is 3.36. The summed E-state index contributed by atoms with van der Waals surface area (Å²) in [6, 6.07) is 13.6. The van der Waals surface area contributed by atoms with Crippen molar-refractivity contribution in [2.24, 2.45) is 0 Å². The number of aldehydes is 1. The summed E-state index contributed by atoms with van der Waals surface area (Å²) in [4.78, 5) is 12.8. The zero-order valence-corrected chi connectivity index (χ0v) is 11.8. The Bertz CT molecular complexity index is 595. The van der Waals surface area contributed by atoms with E-state index in [0.29, 0.717) is 12.1 Å². The van der Waals surface area contributed by atoms with Crippen molar-refractivity contribution in [1.82, 2.24) is 0 Å². The van der Waals surface area contributed by atoms with Crippen LogP contribution in [0.25, 0.3) is 0 Å². The van der Waals surface area contributed by atoms with Crippen LogP contribution in [0.1, 0.15) is 21.5 Å². The van der Waals surface area contributed by atoms with Crippen LogP contribution in [0.15, 0.2) is 42.5 Å². The summed E-state index contributed by atoms with van der Waals surface area (Å²) >= 11 is 6.25. The van der Waals surface area contributed by atoms with E-state index in [9.17, 15) is 4.79 Å². The van der Waals surface area contributed by atoms with Gasteiger partial charge in [0, 0.05) is 19.2 Å². The van der Waals surface area contributed by atoms with Crippen LogP contribution in [0.2, 0.25) is 5.02 Å². The Labute approximate surface area is 118 Å². The highest BCUT2D eigenvalue weighted by Crippen LogP contribution is 2.27. The van der Waals surface area contributed by atoms with Crippen molar-refractivity contribution < 1.29 is 4.79 Å². The largest absolute Gasteiger partial charge is 0.369 e. The van der Waals surface area contributed by atoms with Crippen molar-refractivity contribution in [3.05, 3.63) is 64.2 Å². The van der Waals surface area contributed by atoms with E-state index < -0.39 is 0 Å². The quantitative estimate of drug-likeness (QED) is 0.782. The lowest BCUT2D eigenvalue weighted by molar-refractivity contribution is 0.112. The van der Waals surface area contributed by atoms with Crippen molar-refractivity contribution in [3.63, 3.8) is 0 Å². The Morgan fingerprint density at radius 2 is 2.00 bits per heavy atom. The standard InChI is InChI=1S/C16H16ClNO/c1-12-6-7-16(15(17)8-12)18(2)10-13-4-3-5-14(9-13)11-19/h3-9,11H,10H2,1-2H3. The molecule has 2 aromatic rings. The first-order chi connectivity index (χ1) is 9.10. The second kappa shape index (κ2) is 5.89. The molecule has 0 heterocycles. The highest BCUT2D eigenvalue weighted by atomic mass is 35.5. The van der Waals surface area contributed by atoms with E-state index in [0.717, 1.165) is 28.1 Å². The van der Waals surface area contributed by atoms with Gasteiger partial charge in [0.1, 0.15) is 6.29 Å². The van der Waals surface area contributed by atoms with Gasteiger partial charge in [-0.15, -0.1) is 0 Å². The Balaban J connectivity index is 2.20. The van der Waals surface area contributed by atoms with Crippen molar-refractivity contribution in [1.29, 1.82) is 0 Å². The van der Waals surface area contributed by atoms with Crippen LogP contribution in [0, 0.1) is 6.92 Å². The molecule has 0 aliphatic heterocycles. The number of hydrogen-bond acceptors (Lipinski definition) is 2. The summed E-state index contributed by atoms with van der Waals surface area (Å²) in [6.07, 6.45) is 0.863. The van der Waals surface area contributed by atoms with E-state index in [1.54, 1.807) is 6.07 Å². The Morgan fingerprint density at radius 3 is 2.68 bits per heavy atom. The number of carbonyl (C=O) groups excluding carboxylic acids is 1. The number of nitrogens with zero attached hydrogens (tertiary/aromatic N) is 1. The molecule has 0 aliphatic carbocycles. The van der Waals surface area contributed by atoms with Crippen molar-refractivity contribution in [2.45, 2.75) is 13.5 Å². The summed E-state index contributed by atoms with van der Waals surface area (Å²) in [6.45, 7) is 2.73. The normalized spacial score (nSPS) is 10.3. The Morgan fingerprint density at radius 1 is 1.21 bits per heavy atom. The Kier molecular flexibility index (Phi) is 4.23. The number of hydrogen-bond donors (Lipinski definition) is 0. The maximum absolute atomic E-state index is 10.8. The number of aryl methyl sites for hydroxylation is 1. The first-order valence-corrected chi connectivity index (χ1v) is 6.49. The summed E-state index contributed by atoms with van der Waals surface area (Å²) < 4.78 is 0. The molecule has 0 N–H and O–H groups in total. The number of halogens is 1. The molecule has 0 aliphatic rings. The SMILES string of the molecule is Cc1ccc(N(C)Cc2cccc(C=O)c2)c(Cl)c1. The van der Waals surface area contributed by atoms with E-state index in [-0.39, 0.29) is 0 Å². The fraction of sp³-hybridized carbons (Fsp3) is 0.188. The van der Waals surface area contributed by atoms with Gasteiger partial charge in [-0.25, -0.2) is 0 Å². The second-order valence-corrected chi connectivity index (χ2v) is 5.08. The molecule has 0 unspecified atom stereocenters. The average molecular weight is 274 g/mol. The smallest absolute Gasteiger partial charge is 0.150 e. The topological polar surface area (TPSA) is 20.3 Å². The van der Waals surface area contributed by atoms with E-state index in [1.807, 2.05) is 50.4 Å². The molecule has 0 radical (unpaired) electrons. The molecule has 0 aromatic heterocycles. The lowest BCUT2D eigenvalue weighted by Gasteiger charge is -2.21. The number of rotatable bonds is 4. The molecule has 0 saturated heterocycles. The Hall–Kier alpha value is -1.80. The van der Waals surface area contributed by atoms with Gasteiger partial charge in [-0.05, 0) is 36.2 Å². The first-order valence-electron chi connectivity index (χ1n) is 6.11. The highest BCUT2D eigenvalue weighted by molar-refractivity contribution is 6.33. The predicted molar refractivity (Wildman–Crippen MR) is 80.1 cm³/mol. The third-order valence-electron chi connectivity index (χ3n) is 3.02. The van der Waals surface area contributed by atoms with Crippen molar-refractivity contribution in [3.8, 4) is 0 Å². The highest BCUT2D eigenvalue weighted by Gasteiger charge is 2.07. The predicted octanol–water partition coefficient (Wildman–Crippen LogP) is 4.10. The van der Waals surface area contributed by atoms with Crippen LogP contribution in [0.4, 0.5) is 5.69 Å². The molecule has 2 aromatic carbocycles. The molecule has 2 nitrogen and oxygen atoms in total. The number of carbonyl (C=O) groups is 1. The minimum atomic E-state index is 0.695. The van der Waals surface area contributed by atoms with E-state index in [4.69, 9.17) is 11.6 Å². The van der Waals surface area contributed by atoms with Crippen LogP contribution in [-0.4, -0.2) is 13.3 Å². The second-order valence-electron chi connectivity index (χ2n) is 4.67.